The molecule has 0 fully saturated rings. The number of carboxylic acid groups (broad SMARTS) is 1. The average Bonchev–Trinajstić information content (AvgIpc) is 3.22. The Bertz CT molecular complexity index is 1120. The molecular formula is C25H28F3N3O4S. The van der Waals surface area contributed by atoms with Gasteiger partial charge in [-0.25, -0.2) is 9.78 Å². The number of hydrogen-bond acceptors (Lipinski definition) is 6. The molecule has 2 aromatic carbocycles. The van der Waals surface area contributed by atoms with E-state index < -0.39 is 17.7 Å². The molecule has 3 N–H and O–H groups in total. The van der Waals surface area contributed by atoms with Gasteiger partial charge >= 0.3 is 12.1 Å². The molecular weight excluding hydrogens is 495 g/mol. The van der Waals surface area contributed by atoms with E-state index >= 15 is 0 Å². The fraction of sp³-hybridized carbons (Fsp3) is 0.320. The predicted octanol–water partition coefficient (Wildman–Crippen LogP) is 6.32. The van der Waals surface area contributed by atoms with Crippen LogP contribution in [0.4, 0.5) is 18.3 Å². The number of carbonyl (C=O) groups is 2. The summed E-state index contributed by atoms with van der Waals surface area (Å²) in [6.07, 6.45) is -1.27. The summed E-state index contributed by atoms with van der Waals surface area (Å²) in [4.78, 5) is 31.9. The van der Waals surface area contributed by atoms with Crippen molar-refractivity contribution < 1.29 is 32.7 Å². The Morgan fingerprint density at radius 1 is 1.06 bits per heavy atom. The number of halogens is 3. The monoisotopic (exact) mass is 523 g/mol. The molecule has 0 spiro atoms. The zero-order chi connectivity index (χ0) is 26.6. The molecule has 0 aliphatic rings. The van der Waals surface area contributed by atoms with E-state index in [1.165, 1.54) is 12.1 Å². The summed E-state index contributed by atoms with van der Waals surface area (Å²) in [7, 11) is 0. The number of aromatic nitrogens is 1. The van der Waals surface area contributed by atoms with Gasteiger partial charge in [0.25, 0.3) is 5.91 Å². The van der Waals surface area contributed by atoms with Crippen LogP contribution in [0.15, 0.2) is 54.6 Å². The number of carboxylic acids is 1. The van der Waals surface area contributed by atoms with Crippen molar-refractivity contribution in [3.63, 3.8) is 0 Å². The van der Waals surface area contributed by atoms with E-state index in [1.807, 2.05) is 6.07 Å². The Balaban J connectivity index is 0.000000254. The first kappa shape index (κ1) is 29.0. The molecule has 0 saturated carbocycles. The van der Waals surface area contributed by atoms with E-state index in [-0.39, 0.29) is 22.9 Å². The number of carbonyl (C=O) groups excluding carboxylic acids is 1. The minimum atomic E-state index is -4.32. The number of nitrogens with zero attached hydrogens (tertiary/aromatic N) is 1. The Morgan fingerprint density at radius 2 is 1.72 bits per heavy atom. The van der Waals surface area contributed by atoms with Crippen molar-refractivity contribution in [3.05, 3.63) is 81.9 Å². The molecule has 3 rings (SSSR count). The van der Waals surface area contributed by atoms with E-state index in [9.17, 15) is 22.8 Å². The third-order valence-electron chi connectivity index (χ3n) is 4.78. The van der Waals surface area contributed by atoms with E-state index in [4.69, 9.17) is 9.94 Å². The molecule has 0 aliphatic heterocycles. The molecule has 7 nitrogen and oxygen atoms in total. The van der Waals surface area contributed by atoms with Crippen LogP contribution in [0.2, 0.25) is 0 Å². The van der Waals surface area contributed by atoms with Crippen molar-refractivity contribution in [2.75, 3.05) is 11.9 Å². The number of hydrogen-bond donors (Lipinski definition) is 3. The molecule has 194 valence electrons. The second-order valence-corrected chi connectivity index (χ2v) is 8.59. The average molecular weight is 524 g/mol. The van der Waals surface area contributed by atoms with Crippen molar-refractivity contribution in [3.8, 4) is 0 Å². The van der Waals surface area contributed by atoms with Crippen molar-refractivity contribution >= 4 is 28.3 Å². The lowest BCUT2D eigenvalue weighted by Gasteiger charge is -2.13. The third kappa shape index (κ3) is 9.40. The fourth-order valence-electron chi connectivity index (χ4n) is 2.98. The van der Waals surface area contributed by atoms with Gasteiger partial charge in [-0.05, 0) is 37.1 Å². The summed E-state index contributed by atoms with van der Waals surface area (Å²) in [5.41, 5.74) is 3.05. The molecule has 0 saturated heterocycles. The lowest BCUT2D eigenvalue weighted by atomic mass is 10.1. The van der Waals surface area contributed by atoms with Gasteiger partial charge in [0, 0.05) is 12.1 Å². The number of rotatable bonds is 10. The van der Waals surface area contributed by atoms with E-state index in [0.29, 0.717) is 23.0 Å². The van der Waals surface area contributed by atoms with Crippen molar-refractivity contribution in [2.45, 2.75) is 45.8 Å². The minimum absolute atomic E-state index is 0.0573. The molecule has 0 unspecified atom stereocenters. The van der Waals surface area contributed by atoms with Crippen LogP contribution >= 0.6 is 11.3 Å². The summed E-state index contributed by atoms with van der Waals surface area (Å²) < 4.78 is 38.0. The summed E-state index contributed by atoms with van der Waals surface area (Å²) >= 11 is 0.948. The Morgan fingerprint density at radius 3 is 2.33 bits per heavy atom. The van der Waals surface area contributed by atoms with Gasteiger partial charge in [-0.15, -0.1) is 0 Å². The Hall–Kier alpha value is -3.28. The normalized spacial score (nSPS) is 10.9. The second kappa shape index (κ2) is 14.3. The van der Waals surface area contributed by atoms with Crippen molar-refractivity contribution in [2.24, 2.45) is 0 Å². The number of thiazole rings is 1. The van der Waals surface area contributed by atoms with Gasteiger partial charge in [0.1, 0.15) is 4.88 Å². The maximum Gasteiger partial charge on any atom is 0.416 e. The number of aryl methyl sites for hydroxylation is 1. The highest BCUT2D eigenvalue weighted by Crippen LogP contribution is 2.31. The van der Waals surface area contributed by atoms with Crippen LogP contribution < -0.4 is 10.8 Å². The molecule has 1 amide bonds. The standard InChI is InChI=1S/C13H18F3NO.C12H10N2O3S/c1-2-3-6-9-18-17-10-11-7-4-5-8-12(11)13(14,15)16;1-7-9(11(16)17)18-12(13-7)14-10(15)8-5-3-2-4-6-8/h4-5,7-8,17H,2-3,6,9-10H2,1H3;2-6H,1H3,(H,16,17)(H,13,14,15). The number of anilines is 1. The molecule has 0 aliphatic carbocycles. The Kier molecular flexibility index (Phi) is 11.5. The van der Waals surface area contributed by atoms with Crippen LogP contribution in [0, 0.1) is 6.92 Å². The summed E-state index contributed by atoms with van der Waals surface area (Å²) in [6.45, 7) is 4.25. The minimum Gasteiger partial charge on any atom is -0.477 e. The van der Waals surface area contributed by atoms with Gasteiger partial charge in [0.15, 0.2) is 5.13 Å². The van der Waals surface area contributed by atoms with Crippen molar-refractivity contribution in [1.29, 1.82) is 0 Å². The number of amides is 1. The van der Waals surface area contributed by atoms with Gasteiger partial charge in [0.05, 0.1) is 17.9 Å². The largest absolute Gasteiger partial charge is 0.477 e. The fourth-order valence-corrected chi connectivity index (χ4v) is 3.78. The summed E-state index contributed by atoms with van der Waals surface area (Å²) in [5, 5.41) is 11.8. The van der Waals surface area contributed by atoms with Crippen LogP contribution in [0.5, 0.6) is 0 Å². The zero-order valence-corrected chi connectivity index (χ0v) is 20.7. The summed E-state index contributed by atoms with van der Waals surface area (Å²) in [5.74, 6) is -1.34. The molecule has 0 radical (unpaired) electrons. The van der Waals surface area contributed by atoms with Crippen LogP contribution in [0.1, 0.15) is 63.0 Å². The number of nitrogens with one attached hydrogen (secondary N) is 2. The second-order valence-electron chi connectivity index (χ2n) is 7.59. The lowest BCUT2D eigenvalue weighted by Crippen LogP contribution is -2.18. The first-order chi connectivity index (χ1) is 17.1. The highest BCUT2D eigenvalue weighted by molar-refractivity contribution is 7.17. The molecule has 3 aromatic rings. The van der Waals surface area contributed by atoms with E-state index in [1.54, 1.807) is 37.3 Å². The highest BCUT2D eigenvalue weighted by Gasteiger charge is 2.32. The van der Waals surface area contributed by atoms with Gasteiger partial charge < -0.3 is 9.94 Å². The van der Waals surface area contributed by atoms with Gasteiger partial charge in [-0.3, -0.25) is 10.1 Å². The zero-order valence-electron chi connectivity index (χ0n) is 19.9. The Labute approximate surface area is 211 Å². The van der Waals surface area contributed by atoms with Gasteiger partial charge in [0.2, 0.25) is 0 Å². The number of unbranched alkanes of at least 4 members (excludes halogenated alkanes) is 2. The molecule has 1 heterocycles. The van der Waals surface area contributed by atoms with Gasteiger partial charge in [-0.2, -0.15) is 18.7 Å². The number of aromatic carboxylic acids is 1. The van der Waals surface area contributed by atoms with E-state index in [2.05, 4.69) is 22.7 Å². The van der Waals surface area contributed by atoms with Crippen molar-refractivity contribution in [1.82, 2.24) is 10.5 Å². The number of benzene rings is 2. The third-order valence-corrected chi connectivity index (χ3v) is 5.85. The molecule has 0 atom stereocenters. The highest BCUT2D eigenvalue weighted by atomic mass is 32.1. The maximum absolute atomic E-state index is 12.7. The predicted molar refractivity (Wildman–Crippen MR) is 132 cm³/mol. The molecule has 11 heteroatoms. The topological polar surface area (TPSA) is 101 Å². The lowest BCUT2D eigenvalue weighted by molar-refractivity contribution is -0.138. The molecule has 1 aromatic heterocycles. The van der Waals surface area contributed by atoms with Crippen LogP contribution in [0.3, 0.4) is 0 Å². The maximum atomic E-state index is 12.7. The van der Waals surface area contributed by atoms with Gasteiger partial charge in [-0.1, -0.05) is 67.5 Å². The van der Waals surface area contributed by atoms with Crippen LogP contribution in [0.25, 0.3) is 0 Å². The SMILES string of the molecule is CCCCCONCc1ccccc1C(F)(F)F.Cc1nc(NC(=O)c2ccccc2)sc1C(=O)O. The van der Waals surface area contributed by atoms with Crippen LogP contribution in [-0.2, 0) is 17.6 Å². The number of hydroxylamine groups is 1. The first-order valence-corrected chi connectivity index (χ1v) is 12.0. The number of alkyl halides is 3. The quantitative estimate of drug-likeness (QED) is 0.212. The molecule has 36 heavy (non-hydrogen) atoms. The molecule has 0 bridgehead atoms. The smallest absolute Gasteiger partial charge is 0.416 e. The summed E-state index contributed by atoms with van der Waals surface area (Å²) in [6, 6.07) is 14.2. The van der Waals surface area contributed by atoms with E-state index in [0.717, 1.165) is 36.7 Å². The first-order valence-electron chi connectivity index (χ1n) is 11.2. The van der Waals surface area contributed by atoms with Crippen LogP contribution in [-0.4, -0.2) is 28.6 Å².